The molecule has 2 atom stereocenters. The van der Waals surface area contributed by atoms with Gasteiger partial charge in [0, 0.05) is 16.2 Å². The molecule has 14 heavy (non-hydrogen) atoms. The summed E-state index contributed by atoms with van der Waals surface area (Å²) in [6.45, 7) is 0. The molecule has 0 radical (unpaired) electrons. The number of anilines is 1. The number of amides is 1. The van der Waals surface area contributed by atoms with Crippen molar-refractivity contribution in [1.82, 2.24) is 0 Å². The number of hydrogen-bond acceptors (Lipinski definition) is 2. The maximum absolute atomic E-state index is 11.7. The predicted molar refractivity (Wildman–Crippen MR) is 57.0 cm³/mol. The van der Waals surface area contributed by atoms with Gasteiger partial charge in [0.05, 0.1) is 5.41 Å². The molecule has 1 heterocycles. The number of carbonyl (C=O) groups is 1. The lowest BCUT2D eigenvalue weighted by atomic mass is 9.97. The minimum Gasteiger partial charge on any atom is -0.326 e. The van der Waals surface area contributed by atoms with Gasteiger partial charge in [-0.15, -0.1) is 0 Å². The normalized spacial score (nSPS) is 33.0. The summed E-state index contributed by atoms with van der Waals surface area (Å²) < 4.78 is 0.975. The Balaban J connectivity index is 2.20. The first-order valence-corrected chi connectivity index (χ1v) is 5.31. The van der Waals surface area contributed by atoms with E-state index >= 15 is 0 Å². The molecule has 3 N–H and O–H groups in total. The van der Waals surface area contributed by atoms with Crippen LogP contribution in [0.1, 0.15) is 12.0 Å². The van der Waals surface area contributed by atoms with Gasteiger partial charge in [-0.25, -0.2) is 0 Å². The van der Waals surface area contributed by atoms with Crippen LogP contribution in [0.25, 0.3) is 0 Å². The summed E-state index contributed by atoms with van der Waals surface area (Å²) in [5, 5.41) is 2.87. The van der Waals surface area contributed by atoms with E-state index < -0.39 is 5.41 Å². The van der Waals surface area contributed by atoms with Crippen molar-refractivity contribution in [3.8, 4) is 0 Å². The standard InChI is InChI=1S/C10H9BrN2O/c11-5-1-2-6-7(3-5)13-9(14)10(6)4-8(10)12/h1-3,8H,4,12H2,(H,13,14). The molecule has 3 rings (SSSR count). The zero-order valence-electron chi connectivity index (χ0n) is 7.38. The van der Waals surface area contributed by atoms with Gasteiger partial charge < -0.3 is 11.1 Å². The SMILES string of the molecule is NC1CC12C(=O)Nc1cc(Br)ccc12. The smallest absolute Gasteiger partial charge is 0.236 e. The van der Waals surface area contributed by atoms with Gasteiger partial charge in [0.15, 0.2) is 0 Å². The topological polar surface area (TPSA) is 55.1 Å². The van der Waals surface area contributed by atoms with Crippen molar-refractivity contribution in [2.45, 2.75) is 17.9 Å². The molecule has 1 aliphatic heterocycles. The Hall–Kier alpha value is -0.870. The Morgan fingerprint density at radius 3 is 2.93 bits per heavy atom. The second-order valence-corrected chi connectivity index (χ2v) is 4.84. The van der Waals surface area contributed by atoms with E-state index in [1.165, 1.54) is 0 Å². The Morgan fingerprint density at radius 1 is 1.57 bits per heavy atom. The van der Waals surface area contributed by atoms with E-state index in [2.05, 4.69) is 21.2 Å². The first-order chi connectivity index (χ1) is 6.64. The molecule has 1 aromatic carbocycles. The first-order valence-electron chi connectivity index (χ1n) is 4.51. The first kappa shape index (κ1) is 8.44. The molecule has 3 nitrogen and oxygen atoms in total. The molecule has 4 heteroatoms. The van der Waals surface area contributed by atoms with Crippen molar-refractivity contribution >= 4 is 27.5 Å². The highest BCUT2D eigenvalue weighted by atomic mass is 79.9. The summed E-state index contributed by atoms with van der Waals surface area (Å²) in [4.78, 5) is 11.7. The molecule has 2 unspecified atom stereocenters. The largest absolute Gasteiger partial charge is 0.326 e. The summed E-state index contributed by atoms with van der Waals surface area (Å²) in [6.07, 6.45) is 0.771. The molecule has 0 aromatic heterocycles. The maximum Gasteiger partial charge on any atom is 0.236 e. The Morgan fingerprint density at radius 2 is 2.29 bits per heavy atom. The Labute approximate surface area is 89.8 Å². The third kappa shape index (κ3) is 0.828. The second-order valence-electron chi connectivity index (χ2n) is 3.93. The third-order valence-electron chi connectivity index (χ3n) is 3.13. The highest BCUT2D eigenvalue weighted by molar-refractivity contribution is 9.10. The van der Waals surface area contributed by atoms with Crippen LogP contribution in [0, 0.1) is 0 Å². The lowest BCUT2D eigenvalue weighted by molar-refractivity contribution is -0.118. The third-order valence-corrected chi connectivity index (χ3v) is 3.62. The number of rotatable bonds is 0. The fourth-order valence-corrected chi connectivity index (χ4v) is 2.58. The van der Waals surface area contributed by atoms with E-state index in [0.29, 0.717) is 0 Å². The van der Waals surface area contributed by atoms with Crippen molar-refractivity contribution < 1.29 is 4.79 Å². The minimum atomic E-state index is -0.407. The number of carbonyl (C=O) groups excluding carboxylic acids is 1. The monoisotopic (exact) mass is 252 g/mol. The van der Waals surface area contributed by atoms with E-state index in [-0.39, 0.29) is 11.9 Å². The van der Waals surface area contributed by atoms with Crippen LogP contribution < -0.4 is 11.1 Å². The van der Waals surface area contributed by atoms with Gasteiger partial charge in [-0.1, -0.05) is 22.0 Å². The van der Waals surface area contributed by atoms with E-state index in [1.54, 1.807) is 0 Å². The van der Waals surface area contributed by atoms with E-state index in [1.807, 2.05) is 18.2 Å². The van der Waals surface area contributed by atoms with Gasteiger partial charge in [-0.2, -0.15) is 0 Å². The van der Waals surface area contributed by atoms with Crippen LogP contribution in [0.3, 0.4) is 0 Å². The van der Waals surface area contributed by atoms with Crippen LogP contribution >= 0.6 is 15.9 Å². The molecule has 1 saturated carbocycles. The van der Waals surface area contributed by atoms with E-state index in [4.69, 9.17) is 5.73 Å². The van der Waals surface area contributed by atoms with Crippen molar-refractivity contribution in [2.24, 2.45) is 5.73 Å². The summed E-state index contributed by atoms with van der Waals surface area (Å²) in [5.74, 6) is 0.0538. The van der Waals surface area contributed by atoms with Gasteiger partial charge in [0.25, 0.3) is 0 Å². The van der Waals surface area contributed by atoms with Crippen LogP contribution in [0.15, 0.2) is 22.7 Å². The van der Waals surface area contributed by atoms with Gasteiger partial charge >= 0.3 is 0 Å². The highest BCUT2D eigenvalue weighted by Crippen LogP contribution is 2.54. The molecule has 72 valence electrons. The molecule has 1 aromatic rings. The lowest BCUT2D eigenvalue weighted by Gasteiger charge is -2.04. The van der Waals surface area contributed by atoms with E-state index in [0.717, 1.165) is 22.1 Å². The molecule has 1 aliphatic carbocycles. The minimum absolute atomic E-state index is 0.00933. The number of nitrogens with two attached hydrogens (primary N) is 1. The summed E-state index contributed by atoms with van der Waals surface area (Å²) in [6, 6.07) is 5.84. The number of halogens is 1. The molecule has 1 amide bonds. The van der Waals surface area contributed by atoms with E-state index in [9.17, 15) is 4.79 Å². The van der Waals surface area contributed by atoms with Crippen molar-refractivity contribution in [2.75, 3.05) is 5.32 Å². The Kier molecular flexibility index (Phi) is 1.43. The van der Waals surface area contributed by atoms with Gasteiger partial charge in [0.2, 0.25) is 5.91 Å². The number of hydrogen-bond donors (Lipinski definition) is 2. The fraction of sp³-hybridized carbons (Fsp3) is 0.300. The summed E-state index contributed by atoms with van der Waals surface area (Å²) in [5.41, 5.74) is 7.38. The van der Waals surface area contributed by atoms with Gasteiger partial charge in [-0.05, 0) is 24.1 Å². The Bertz CT molecular complexity index is 446. The summed E-state index contributed by atoms with van der Waals surface area (Å²) in [7, 11) is 0. The number of benzene rings is 1. The van der Waals surface area contributed by atoms with Gasteiger partial charge in [0.1, 0.15) is 0 Å². The highest BCUT2D eigenvalue weighted by Gasteiger charge is 2.63. The van der Waals surface area contributed by atoms with Gasteiger partial charge in [-0.3, -0.25) is 4.79 Å². The average molecular weight is 253 g/mol. The van der Waals surface area contributed by atoms with Crippen LogP contribution in [0.2, 0.25) is 0 Å². The van der Waals surface area contributed by atoms with Crippen molar-refractivity contribution in [3.05, 3.63) is 28.2 Å². The molecule has 1 spiro atoms. The van der Waals surface area contributed by atoms with Crippen LogP contribution in [-0.4, -0.2) is 11.9 Å². The van der Waals surface area contributed by atoms with Crippen LogP contribution in [-0.2, 0) is 10.2 Å². The van der Waals surface area contributed by atoms with Crippen molar-refractivity contribution in [1.29, 1.82) is 0 Å². The molecular formula is C10H9BrN2O. The quantitative estimate of drug-likeness (QED) is 0.733. The fourth-order valence-electron chi connectivity index (χ4n) is 2.22. The summed E-state index contributed by atoms with van der Waals surface area (Å²) >= 11 is 3.38. The zero-order valence-corrected chi connectivity index (χ0v) is 8.97. The molecule has 0 bridgehead atoms. The maximum atomic E-state index is 11.7. The number of fused-ring (bicyclic) bond motifs is 2. The predicted octanol–water partition coefficient (Wildman–Crippen LogP) is 1.37. The molecule has 2 aliphatic rings. The molecule has 0 saturated heterocycles. The zero-order chi connectivity index (χ0) is 9.92. The second kappa shape index (κ2) is 2.38. The van der Waals surface area contributed by atoms with Crippen molar-refractivity contribution in [3.63, 3.8) is 0 Å². The number of nitrogens with one attached hydrogen (secondary N) is 1. The average Bonchev–Trinajstić information content (AvgIpc) is 2.70. The molecular weight excluding hydrogens is 244 g/mol. The molecule has 1 fully saturated rings. The van der Waals surface area contributed by atoms with Crippen LogP contribution in [0.5, 0.6) is 0 Å². The lowest BCUT2D eigenvalue weighted by Crippen LogP contribution is -2.26. The van der Waals surface area contributed by atoms with Crippen LogP contribution in [0.4, 0.5) is 5.69 Å².